The largest absolute Gasteiger partial charge is 1.00 e. The predicted octanol–water partition coefficient (Wildman–Crippen LogP) is -3.74. The van der Waals surface area contributed by atoms with Crippen molar-refractivity contribution < 1.29 is 101 Å². The Bertz CT molecular complexity index is 1080. The molecule has 1 heterocycles. The molecule has 0 radical (unpaired) electrons. The van der Waals surface area contributed by atoms with Gasteiger partial charge < -0.3 is 42.2 Å². The summed E-state index contributed by atoms with van der Waals surface area (Å²) in [6.45, 7) is 0. The fourth-order valence-corrected chi connectivity index (χ4v) is 3.27. The number of oxazole rings is 1. The quantitative estimate of drug-likeness (QED) is 0.233. The van der Waals surface area contributed by atoms with Crippen molar-refractivity contribution >= 4 is 7.82 Å². The molecule has 0 aliphatic carbocycles. The van der Waals surface area contributed by atoms with Crippen LogP contribution in [-0.4, -0.2) is 33.4 Å². The molecule has 160 valence electrons. The maximum Gasteiger partial charge on any atom is 1.00 e. The minimum atomic E-state index is -5.30. The molecule has 0 saturated heterocycles. The second-order valence-electron chi connectivity index (χ2n) is 5.85. The van der Waals surface area contributed by atoms with E-state index in [1.54, 1.807) is 18.2 Å². The van der Waals surface area contributed by atoms with Crippen molar-refractivity contribution in [3.05, 3.63) is 36.7 Å². The first-order valence-electron chi connectivity index (χ1n) is 8.45. The van der Waals surface area contributed by atoms with Gasteiger partial charge in [-0.25, -0.2) is 4.98 Å². The van der Waals surface area contributed by atoms with E-state index >= 15 is 0 Å². The first-order chi connectivity index (χ1) is 14.3. The van der Waals surface area contributed by atoms with Crippen molar-refractivity contribution in [1.82, 2.24) is 4.98 Å². The monoisotopic (exact) mass is 481 g/mol. The zero-order chi connectivity index (χ0) is 21.9. The molecule has 0 spiro atoms. The summed E-state index contributed by atoms with van der Waals surface area (Å²) in [7, 11) is 0.487. The van der Waals surface area contributed by atoms with Crippen LogP contribution in [0.15, 0.2) is 41.1 Å². The van der Waals surface area contributed by atoms with E-state index in [0.29, 0.717) is 39.8 Å². The number of aromatic nitrogens is 1. The Morgan fingerprint density at radius 1 is 0.812 bits per heavy atom. The fourth-order valence-electron chi connectivity index (χ4n) is 2.88. The molecule has 0 amide bonds. The Hall–Kier alpha value is -1.20. The van der Waals surface area contributed by atoms with Crippen LogP contribution in [0.3, 0.4) is 0 Å². The molecule has 2 aromatic carbocycles. The number of phosphoric ester groups is 1. The number of benzene rings is 2. The Morgan fingerprint density at radius 3 is 1.88 bits per heavy atom. The number of nitrogens with zero attached hydrogens (tertiary/aromatic N) is 1. The zero-order valence-electron chi connectivity index (χ0n) is 18.5. The van der Waals surface area contributed by atoms with Crippen molar-refractivity contribution in [1.29, 1.82) is 0 Å². The van der Waals surface area contributed by atoms with E-state index in [0.717, 1.165) is 0 Å². The number of methoxy groups -OCH3 is 4. The molecule has 3 aromatic rings. The number of hydrogen-bond acceptors (Lipinski definition) is 10. The molecule has 0 unspecified atom stereocenters. The van der Waals surface area contributed by atoms with Crippen LogP contribution in [0.2, 0.25) is 0 Å². The summed E-state index contributed by atoms with van der Waals surface area (Å²) in [4.78, 5) is 26.4. The molecule has 32 heavy (non-hydrogen) atoms. The van der Waals surface area contributed by atoms with Gasteiger partial charge >= 0.3 is 59.1 Å². The summed E-state index contributed by atoms with van der Waals surface area (Å²) in [5.41, 5.74) is 1.41. The van der Waals surface area contributed by atoms with Crippen LogP contribution in [0, 0.1) is 0 Å². The van der Waals surface area contributed by atoms with Gasteiger partial charge in [0.25, 0.3) is 0 Å². The molecule has 0 saturated carbocycles. The van der Waals surface area contributed by atoms with Gasteiger partial charge in [-0.3, -0.25) is 0 Å². The maximum atomic E-state index is 11.1. The Labute approximate surface area is 229 Å². The van der Waals surface area contributed by atoms with Crippen LogP contribution < -0.4 is 92.4 Å². The van der Waals surface area contributed by atoms with E-state index in [9.17, 15) is 14.4 Å². The average Bonchev–Trinajstić information content (AvgIpc) is 3.21. The predicted molar refractivity (Wildman–Crippen MR) is 102 cm³/mol. The van der Waals surface area contributed by atoms with Gasteiger partial charge in [0, 0.05) is 11.1 Å². The van der Waals surface area contributed by atoms with Crippen LogP contribution in [0.25, 0.3) is 22.6 Å². The van der Waals surface area contributed by atoms with Crippen LogP contribution in [0.1, 0.15) is 0 Å². The molecule has 1 aromatic heterocycles. The Morgan fingerprint density at radius 2 is 1.38 bits per heavy atom. The molecule has 0 N–H and O–H groups in total. The normalized spacial score (nSPS) is 10.4. The van der Waals surface area contributed by atoms with Crippen molar-refractivity contribution in [2.75, 3.05) is 28.4 Å². The van der Waals surface area contributed by atoms with E-state index in [1.807, 2.05) is 0 Å². The van der Waals surface area contributed by atoms with Gasteiger partial charge in [0.2, 0.25) is 5.75 Å². The first-order valence-corrected chi connectivity index (χ1v) is 9.91. The number of hydrogen-bond donors (Lipinski definition) is 0. The molecule has 13 heteroatoms. The third-order valence-electron chi connectivity index (χ3n) is 4.14. The summed E-state index contributed by atoms with van der Waals surface area (Å²) < 4.78 is 42.2. The molecule has 3 rings (SSSR count). The second kappa shape index (κ2) is 12.3. The Kier molecular flexibility index (Phi) is 11.1. The summed E-state index contributed by atoms with van der Waals surface area (Å²) in [5.74, 6) is 1.34. The Balaban J connectivity index is 0.00000256. The average molecular weight is 481 g/mol. The molecule has 0 fully saturated rings. The van der Waals surface area contributed by atoms with E-state index in [4.69, 9.17) is 23.4 Å². The van der Waals surface area contributed by atoms with Crippen molar-refractivity contribution in [2.24, 2.45) is 0 Å². The smallest absolute Gasteiger partial charge is 0.780 e. The topological polar surface area (TPSA) is 135 Å². The van der Waals surface area contributed by atoms with E-state index in [1.165, 1.54) is 47.0 Å². The molecular weight excluding hydrogens is 463 g/mol. The van der Waals surface area contributed by atoms with Crippen LogP contribution in [0.5, 0.6) is 28.7 Å². The van der Waals surface area contributed by atoms with Gasteiger partial charge in [0.1, 0.15) is 13.5 Å². The summed E-state index contributed by atoms with van der Waals surface area (Å²) in [6, 6.07) is 7.74. The third-order valence-corrected chi connectivity index (χ3v) is 4.56. The fraction of sp³-hybridized carbons (Fsp3) is 0.211. The summed E-state index contributed by atoms with van der Waals surface area (Å²) in [6.07, 6.45) is 1.23. The minimum Gasteiger partial charge on any atom is -0.780 e. The van der Waals surface area contributed by atoms with Crippen molar-refractivity contribution in [3.63, 3.8) is 0 Å². The summed E-state index contributed by atoms with van der Waals surface area (Å²) >= 11 is 0. The minimum absolute atomic E-state index is 0. The molecule has 0 atom stereocenters. The molecule has 10 nitrogen and oxygen atoms in total. The molecular formula is C19H18NNa2O9P. The van der Waals surface area contributed by atoms with Crippen LogP contribution in [-0.2, 0) is 4.57 Å². The third kappa shape index (κ3) is 6.44. The van der Waals surface area contributed by atoms with Crippen LogP contribution >= 0.6 is 7.82 Å². The van der Waals surface area contributed by atoms with Gasteiger partial charge in [-0.2, -0.15) is 0 Å². The number of phosphoric acid groups is 1. The number of ether oxygens (including phenoxy) is 4. The van der Waals surface area contributed by atoms with Gasteiger partial charge in [-0.1, -0.05) is 0 Å². The SMILES string of the molecule is COc1ccc(-c2ocnc2-c2cc(OC)c(OC)c(OC)c2)cc1OP(=O)([O-])[O-].[Na+].[Na+]. The van der Waals surface area contributed by atoms with Crippen molar-refractivity contribution in [3.8, 4) is 51.3 Å². The maximum absolute atomic E-state index is 11.1. The van der Waals surface area contributed by atoms with E-state index in [-0.39, 0.29) is 70.6 Å². The van der Waals surface area contributed by atoms with E-state index < -0.39 is 7.82 Å². The molecule has 0 aliphatic rings. The van der Waals surface area contributed by atoms with Crippen molar-refractivity contribution in [2.45, 2.75) is 0 Å². The summed E-state index contributed by atoms with van der Waals surface area (Å²) in [5, 5.41) is 0. The van der Waals surface area contributed by atoms with E-state index in [2.05, 4.69) is 9.51 Å². The van der Waals surface area contributed by atoms with Gasteiger partial charge in [0.15, 0.2) is 35.2 Å². The first kappa shape index (κ1) is 28.8. The second-order valence-corrected chi connectivity index (χ2v) is 6.93. The molecule has 0 aliphatic heterocycles. The van der Waals surface area contributed by atoms with Gasteiger partial charge in [-0.15, -0.1) is 0 Å². The number of rotatable bonds is 8. The standard InChI is InChI=1S/C19H20NO9P.2Na/c1-24-13-6-5-11(7-14(13)29-30(21,22)23)18-17(20-10-28-18)12-8-15(25-2)19(27-4)16(9-12)26-3;;/h5-10H,1-4H3,(H2,21,22,23);;/q;2*+1/p-2. The zero-order valence-corrected chi connectivity index (χ0v) is 23.4. The van der Waals surface area contributed by atoms with Crippen LogP contribution in [0.4, 0.5) is 0 Å². The van der Waals surface area contributed by atoms with Gasteiger partial charge in [0.05, 0.1) is 28.4 Å². The molecule has 0 bridgehead atoms. The van der Waals surface area contributed by atoms with Gasteiger partial charge in [-0.05, 0) is 30.3 Å².